The van der Waals surface area contributed by atoms with Gasteiger partial charge in [-0.1, -0.05) is 39.8 Å². The molecule has 0 saturated heterocycles. The summed E-state index contributed by atoms with van der Waals surface area (Å²) in [6.07, 6.45) is 0. The van der Waals surface area contributed by atoms with Crippen LogP contribution in [-0.2, 0) is 4.79 Å². The third-order valence-corrected chi connectivity index (χ3v) is 4.03. The normalized spacial score (nSPS) is 12.8. The molecule has 3 heteroatoms. The summed E-state index contributed by atoms with van der Waals surface area (Å²) in [4.78, 5) is 13.0. The Labute approximate surface area is 121 Å². The lowest BCUT2D eigenvalue weighted by Gasteiger charge is -2.14. The zero-order valence-corrected chi connectivity index (χ0v) is 13.4. The van der Waals surface area contributed by atoms with Crippen LogP contribution in [0.4, 0.5) is 0 Å². The zero-order valence-electron chi connectivity index (χ0n) is 12.6. The molecule has 2 nitrogen and oxygen atoms in total. The SMILES string of the molecule is CC(C)CNC(=O)C(C)Sc1ccc(C(C)C)cc1. The van der Waals surface area contributed by atoms with Gasteiger partial charge in [0.15, 0.2) is 0 Å². The highest BCUT2D eigenvalue weighted by Gasteiger charge is 2.14. The summed E-state index contributed by atoms with van der Waals surface area (Å²) in [5.74, 6) is 1.16. The van der Waals surface area contributed by atoms with Crippen LogP contribution in [0.15, 0.2) is 29.2 Å². The molecule has 0 spiro atoms. The highest BCUT2D eigenvalue weighted by atomic mass is 32.2. The van der Waals surface area contributed by atoms with Gasteiger partial charge < -0.3 is 5.32 Å². The summed E-state index contributed by atoms with van der Waals surface area (Å²) < 4.78 is 0. The molecule has 0 bridgehead atoms. The van der Waals surface area contributed by atoms with Gasteiger partial charge in [0.05, 0.1) is 5.25 Å². The van der Waals surface area contributed by atoms with Crippen molar-refractivity contribution < 1.29 is 4.79 Å². The minimum Gasteiger partial charge on any atom is -0.355 e. The number of amides is 1. The van der Waals surface area contributed by atoms with Crippen LogP contribution in [0.3, 0.4) is 0 Å². The van der Waals surface area contributed by atoms with E-state index in [0.717, 1.165) is 11.4 Å². The summed E-state index contributed by atoms with van der Waals surface area (Å²) in [7, 11) is 0. The van der Waals surface area contributed by atoms with Gasteiger partial charge in [-0.2, -0.15) is 0 Å². The summed E-state index contributed by atoms with van der Waals surface area (Å²) in [6.45, 7) is 11.3. The van der Waals surface area contributed by atoms with Gasteiger partial charge in [0, 0.05) is 11.4 Å². The van der Waals surface area contributed by atoms with Crippen molar-refractivity contribution in [1.29, 1.82) is 0 Å². The minimum absolute atomic E-state index is 0.0522. The van der Waals surface area contributed by atoms with E-state index in [1.54, 1.807) is 11.8 Å². The first-order valence-corrected chi connectivity index (χ1v) is 7.82. The number of nitrogens with one attached hydrogen (secondary N) is 1. The molecule has 0 fully saturated rings. The molecule has 1 aromatic rings. The molecule has 106 valence electrons. The Morgan fingerprint density at radius 1 is 1.11 bits per heavy atom. The van der Waals surface area contributed by atoms with Gasteiger partial charge in [0.1, 0.15) is 0 Å². The maximum Gasteiger partial charge on any atom is 0.233 e. The van der Waals surface area contributed by atoms with Crippen LogP contribution in [0, 0.1) is 5.92 Å². The Morgan fingerprint density at radius 3 is 2.16 bits per heavy atom. The lowest BCUT2D eigenvalue weighted by molar-refractivity contribution is -0.120. The average molecular weight is 279 g/mol. The number of rotatable bonds is 6. The predicted octanol–water partition coefficient (Wildman–Crippen LogP) is 4.06. The van der Waals surface area contributed by atoms with E-state index in [0.29, 0.717) is 11.8 Å². The minimum atomic E-state index is -0.0522. The highest BCUT2D eigenvalue weighted by Crippen LogP contribution is 2.25. The van der Waals surface area contributed by atoms with Crippen molar-refractivity contribution in [3.8, 4) is 0 Å². The summed E-state index contributed by atoms with van der Waals surface area (Å²) in [5, 5.41) is 2.92. The highest BCUT2D eigenvalue weighted by molar-refractivity contribution is 8.00. The lowest BCUT2D eigenvalue weighted by Crippen LogP contribution is -2.33. The molecule has 0 saturated carbocycles. The van der Waals surface area contributed by atoms with Gasteiger partial charge in [0.2, 0.25) is 5.91 Å². The Morgan fingerprint density at radius 2 is 1.68 bits per heavy atom. The Balaban J connectivity index is 2.51. The predicted molar refractivity (Wildman–Crippen MR) is 83.7 cm³/mol. The molecular formula is C16H25NOS. The molecule has 1 atom stereocenters. The van der Waals surface area contributed by atoms with Crippen molar-refractivity contribution in [2.24, 2.45) is 5.92 Å². The summed E-state index contributed by atoms with van der Waals surface area (Å²) in [6, 6.07) is 8.50. The van der Waals surface area contributed by atoms with Crippen LogP contribution in [0.25, 0.3) is 0 Å². The number of benzene rings is 1. The lowest BCUT2D eigenvalue weighted by atomic mass is 10.0. The fraction of sp³-hybridized carbons (Fsp3) is 0.562. The van der Waals surface area contributed by atoms with Gasteiger partial charge in [-0.3, -0.25) is 4.79 Å². The number of carbonyl (C=O) groups is 1. The van der Waals surface area contributed by atoms with Crippen LogP contribution in [0.1, 0.15) is 46.1 Å². The molecule has 0 aromatic heterocycles. The van der Waals surface area contributed by atoms with Crippen molar-refractivity contribution in [2.75, 3.05) is 6.54 Å². The number of thioether (sulfide) groups is 1. The van der Waals surface area contributed by atoms with Crippen LogP contribution in [-0.4, -0.2) is 17.7 Å². The summed E-state index contributed by atoms with van der Waals surface area (Å²) in [5.41, 5.74) is 1.33. The van der Waals surface area contributed by atoms with Crippen molar-refractivity contribution in [3.63, 3.8) is 0 Å². The Hall–Kier alpha value is -0.960. The quantitative estimate of drug-likeness (QED) is 0.796. The first-order valence-electron chi connectivity index (χ1n) is 6.94. The second kappa shape index (κ2) is 7.59. The largest absolute Gasteiger partial charge is 0.355 e. The molecule has 19 heavy (non-hydrogen) atoms. The standard InChI is InChI=1S/C16H25NOS/c1-11(2)10-17-16(18)13(5)19-15-8-6-14(7-9-15)12(3)4/h6-9,11-13H,10H2,1-5H3,(H,17,18). The van der Waals surface area contributed by atoms with Crippen LogP contribution >= 0.6 is 11.8 Å². The third-order valence-electron chi connectivity index (χ3n) is 2.91. The van der Waals surface area contributed by atoms with Crippen molar-refractivity contribution >= 4 is 17.7 Å². The van der Waals surface area contributed by atoms with Crippen LogP contribution in [0.2, 0.25) is 0 Å². The molecule has 0 aliphatic rings. The molecule has 0 radical (unpaired) electrons. The number of hydrogen-bond donors (Lipinski definition) is 1. The molecule has 1 rings (SSSR count). The van der Waals surface area contributed by atoms with Gasteiger partial charge in [-0.15, -0.1) is 11.8 Å². The first kappa shape index (κ1) is 16.1. The fourth-order valence-corrected chi connectivity index (χ4v) is 2.53. The molecule has 1 unspecified atom stereocenters. The molecule has 1 amide bonds. The third kappa shape index (κ3) is 5.68. The van der Waals surface area contributed by atoms with Crippen molar-refractivity contribution in [1.82, 2.24) is 5.32 Å². The van der Waals surface area contributed by atoms with Crippen LogP contribution in [0.5, 0.6) is 0 Å². The van der Waals surface area contributed by atoms with Gasteiger partial charge in [-0.25, -0.2) is 0 Å². The molecule has 0 aliphatic heterocycles. The molecule has 1 N–H and O–H groups in total. The summed E-state index contributed by atoms with van der Waals surface area (Å²) >= 11 is 1.61. The van der Waals surface area contributed by atoms with Gasteiger partial charge >= 0.3 is 0 Å². The Kier molecular flexibility index (Phi) is 6.43. The smallest absolute Gasteiger partial charge is 0.233 e. The van der Waals surface area contributed by atoms with Crippen LogP contribution < -0.4 is 5.32 Å². The van der Waals surface area contributed by atoms with E-state index in [1.165, 1.54) is 5.56 Å². The van der Waals surface area contributed by atoms with E-state index in [4.69, 9.17) is 0 Å². The van der Waals surface area contributed by atoms with Gasteiger partial charge in [-0.05, 0) is 36.5 Å². The topological polar surface area (TPSA) is 29.1 Å². The molecule has 0 aliphatic carbocycles. The Bertz CT molecular complexity index is 398. The molecule has 1 aromatic carbocycles. The maximum absolute atomic E-state index is 11.9. The van der Waals surface area contributed by atoms with E-state index in [-0.39, 0.29) is 11.2 Å². The average Bonchev–Trinajstić information content (AvgIpc) is 2.36. The van der Waals surface area contributed by atoms with E-state index >= 15 is 0 Å². The van der Waals surface area contributed by atoms with Gasteiger partial charge in [0.25, 0.3) is 0 Å². The monoisotopic (exact) mass is 279 g/mol. The maximum atomic E-state index is 11.9. The first-order chi connectivity index (χ1) is 8.90. The van der Waals surface area contributed by atoms with E-state index in [1.807, 2.05) is 6.92 Å². The van der Waals surface area contributed by atoms with E-state index in [9.17, 15) is 4.79 Å². The molecule has 0 heterocycles. The number of carbonyl (C=O) groups excluding carboxylic acids is 1. The zero-order chi connectivity index (χ0) is 14.4. The second-order valence-electron chi connectivity index (χ2n) is 5.62. The fourth-order valence-electron chi connectivity index (χ4n) is 1.64. The number of hydrogen-bond acceptors (Lipinski definition) is 2. The van der Waals surface area contributed by atoms with Crippen molar-refractivity contribution in [3.05, 3.63) is 29.8 Å². The molecular weight excluding hydrogens is 254 g/mol. The second-order valence-corrected chi connectivity index (χ2v) is 7.04. The van der Waals surface area contributed by atoms with Crippen molar-refractivity contribution in [2.45, 2.75) is 50.7 Å². The van der Waals surface area contributed by atoms with E-state index < -0.39 is 0 Å². The van der Waals surface area contributed by atoms with E-state index in [2.05, 4.69) is 57.3 Å².